The van der Waals surface area contributed by atoms with E-state index in [1.807, 2.05) is 0 Å². The van der Waals surface area contributed by atoms with E-state index in [0.717, 1.165) is 0 Å². The van der Waals surface area contributed by atoms with Crippen molar-refractivity contribution in [3.8, 4) is 5.75 Å². The Bertz CT molecular complexity index is 443. The highest BCUT2D eigenvalue weighted by molar-refractivity contribution is 5.68. The van der Waals surface area contributed by atoms with Gasteiger partial charge in [-0.15, -0.1) is 0 Å². The maximum atomic E-state index is 13.7. The molecule has 92 valence electrons. The van der Waals surface area contributed by atoms with Crippen LogP contribution in [0.25, 0.3) is 0 Å². The number of aryl methyl sites for hydroxylation is 1. The van der Waals surface area contributed by atoms with Crippen LogP contribution in [-0.4, -0.2) is 29.8 Å². The van der Waals surface area contributed by atoms with E-state index in [0.29, 0.717) is 18.7 Å². The number of aliphatic carboxylic acids is 1. The number of hydrogen-bond acceptors (Lipinski definition) is 3. The number of rotatable bonds is 4. The second kappa shape index (κ2) is 4.33. The van der Waals surface area contributed by atoms with E-state index in [-0.39, 0.29) is 12.2 Å². The van der Waals surface area contributed by atoms with Gasteiger partial charge in [-0.1, -0.05) is 12.1 Å². The zero-order valence-electron chi connectivity index (χ0n) is 9.50. The Morgan fingerprint density at radius 1 is 1.59 bits per heavy atom. The summed E-state index contributed by atoms with van der Waals surface area (Å²) >= 11 is 0. The smallest absolute Gasteiger partial charge is 0.307 e. The molecule has 1 fully saturated rings. The van der Waals surface area contributed by atoms with Gasteiger partial charge in [0.15, 0.2) is 11.6 Å². The van der Waals surface area contributed by atoms with E-state index in [1.165, 1.54) is 6.07 Å². The van der Waals surface area contributed by atoms with Crippen molar-refractivity contribution in [2.75, 3.05) is 13.1 Å². The molecule has 0 aliphatic carbocycles. The van der Waals surface area contributed by atoms with Crippen molar-refractivity contribution in [3.05, 3.63) is 29.6 Å². The van der Waals surface area contributed by atoms with Crippen LogP contribution in [0, 0.1) is 12.7 Å². The molecule has 2 N–H and O–H groups in total. The van der Waals surface area contributed by atoms with Crippen LogP contribution in [0.3, 0.4) is 0 Å². The fraction of sp³-hybridized carbons (Fsp3) is 0.417. The molecule has 0 saturated carbocycles. The molecule has 0 radical (unpaired) electrons. The lowest BCUT2D eigenvalue weighted by Crippen LogP contribution is -2.64. The van der Waals surface area contributed by atoms with Crippen molar-refractivity contribution in [1.82, 2.24) is 5.32 Å². The molecule has 4 nitrogen and oxygen atoms in total. The van der Waals surface area contributed by atoms with Gasteiger partial charge in [0, 0.05) is 13.1 Å². The Morgan fingerprint density at radius 2 is 2.29 bits per heavy atom. The number of carbonyl (C=O) groups is 1. The van der Waals surface area contributed by atoms with E-state index in [9.17, 15) is 9.18 Å². The summed E-state index contributed by atoms with van der Waals surface area (Å²) in [7, 11) is 0. The van der Waals surface area contributed by atoms with E-state index >= 15 is 0 Å². The number of carboxylic acid groups (broad SMARTS) is 1. The van der Waals surface area contributed by atoms with Crippen molar-refractivity contribution in [2.24, 2.45) is 0 Å². The van der Waals surface area contributed by atoms with Gasteiger partial charge in [0.1, 0.15) is 5.60 Å². The third kappa shape index (κ3) is 2.39. The molecule has 1 aliphatic heterocycles. The summed E-state index contributed by atoms with van der Waals surface area (Å²) in [4.78, 5) is 10.7. The first-order valence-corrected chi connectivity index (χ1v) is 5.39. The number of carboxylic acids is 1. The van der Waals surface area contributed by atoms with Crippen LogP contribution < -0.4 is 10.1 Å². The van der Waals surface area contributed by atoms with Crippen LogP contribution in [0.15, 0.2) is 18.2 Å². The zero-order valence-corrected chi connectivity index (χ0v) is 9.50. The number of benzene rings is 1. The van der Waals surface area contributed by atoms with E-state index in [1.54, 1.807) is 19.1 Å². The Labute approximate surface area is 98.4 Å². The molecule has 2 rings (SSSR count). The molecule has 1 aliphatic rings. The van der Waals surface area contributed by atoms with Crippen molar-refractivity contribution >= 4 is 5.97 Å². The van der Waals surface area contributed by atoms with Gasteiger partial charge in [-0.2, -0.15) is 0 Å². The molecule has 0 aromatic heterocycles. The van der Waals surface area contributed by atoms with Gasteiger partial charge in [0.2, 0.25) is 0 Å². The Kier molecular flexibility index (Phi) is 3.02. The Balaban J connectivity index is 2.18. The first kappa shape index (κ1) is 11.9. The summed E-state index contributed by atoms with van der Waals surface area (Å²) in [5.41, 5.74) is -0.333. The molecule has 1 aromatic rings. The lowest BCUT2D eigenvalue weighted by Gasteiger charge is -2.41. The highest BCUT2D eigenvalue weighted by Gasteiger charge is 2.42. The summed E-state index contributed by atoms with van der Waals surface area (Å²) in [6.07, 6.45) is -0.132. The molecule has 0 amide bonds. The SMILES string of the molecule is Cc1cccc(OC2(CC(=O)O)CNC2)c1F. The number of ether oxygens (including phenoxy) is 1. The molecule has 0 spiro atoms. The Morgan fingerprint density at radius 3 is 2.82 bits per heavy atom. The summed E-state index contributed by atoms with van der Waals surface area (Å²) in [5, 5.41) is 11.8. The maximum absolute atomic E-state index is 13.7. The quantitative estimate of drug-likeness (QED) is 0.832. The average molecular weight is 239 g/mol. The summed E-state index contributed by atoms with van der Waals surface area (Å²) in [6, 6.07) is 4.85. The minimum absolute atomic E-state index is 0.118. The minimum atomic E-state index is -0.945. The second-order valence-electron chi connectivity index (χ2n) is 4.35. The summed E-state index contributed by atoms with van der Waals surface area (Å²) < 4.78 is 19.3. The second-order valence-corrected chi connectivity index (χ2v) is 4.35. The summed E-state index contributed by atoms with van der Waals surface area (Å²) in [6.45, 7) is 2.49. The third-order valence-corrected chi connectivity index (χ3v) is 2.85. The molecule has 0 atom stereocenters. The van der Waals surface area contributed by atoms with Crippen molar-refractivity contribution in [2.45, 2.75) is 18.9 Å². The third-order valence-electron chi connectivity index (χ3n) is 2.85. The molecule has 17 heavy (non-hydrogen) atoms. The molecular weight excluding hydrogens is 225 g/mol. The highest BCUT2D eigenvalue weighted by Crippen LogP contribution is 2.28. The zero-order chi connectivity index (χ0) is 12.5. The van der Waals surface area contributed by atoms with Gasteiger partial charge in [-0.05, 0) is 18.6 Å². The molecular formula is C12H14FNO3. The Hall–Kier alpha value is -1.62. The lowest BCUT2D eigenvalue weighted by molar-refractivity contribution is -0.143. The average Bonchev–Trinajstić information content (AvgIpc) is 2.21. The van der Waals surface area contributed by atoms with Crippen LogP contribution >= 0.6 is 0 Å². The predicted molar refractivity (Wildman–Crippen MR) is 59.6 cm³/mol. The van der Waals surface area contributed by atoms with Gasteiger partial charge in [0.05, 0.1) is 6.42 Å². The van der Waals surface area contributed by atoms with Crippen molar-refractivity contribution in [1.29, 1.82) is 0 Å². The van der Waals surface area contributed by atoms with Gasteiger partial charge >= 0.3 is 5.97 Å². The fourth-order valence-electron chi connectivity index (χ4n) is 1.85. The monoisotopic (exact) mass is 239 g/mol. The normalized spacial score (nSPS) is 17.3. The van der Waals surface area contributed by atoms with Crippen molar-refractivity contribution < 1.29 is 19.0 Å². The molecule has 0 bridgehead atoms. The number of halogens is 1. The minimum Gasteiger partial charge on any atom is -0.481 e. The van der Waals surface area contributed by atoms with Gasteiger partial charge in [-0.3, -0.25) is 4.79 Å². The topological polar surface area (TPSA) is 58.6 Å². The standard InChI is InChI=1S/C12H14FNO3/c1-8-3-2-4-9(11(8)13)17-12(5-10(15)16)6-14-7-12/h2-4,14H,5-7H2,1H3,(H,15,16). The molecule has 1 heterocycles. The van der Waals surface area contributed by atoms with Crippen LogP contribution in [0.1, 0.15) is 12.0 Å². The van der Waals surface area contributed by atoms with Crippen molar-refractivity contribution in [3.63, 3.8) is 0 Å². The van der Waals surface area contributed by atoms with Crippen LogP contribution in [0.5, 0.6) is 5.75 Å². The van der Waals surface area contributed by atoms with E-state index in [2.05, 4.69) is 5.32 Å². The molecule has 0 unspecified atom stereocenters. The lowest BCUT2D eigenvalue weighted by atomic mass is 9.92. The van der Waals surface area contributed by atoms with Crippen LogP contribution in [-0.2, 0) is 4.79 Å². The first-order valence-electron chi connectivity index (χ1n) is 5.39. The molecule has 1 saturated heterocycles. The highest BCUT2D eigenvalue weighted by atomic mass is 19.1. The maximum Gasteiger partial charge on any atom is 0.307 e. The van der Waals surface area contributed by atoms with Gasteiger partial charge in [-0.25, -0.2) is 4.39 Å². The van der Waals surface area contributed by atoms with Gasteiger partial charge < -0.3 is 15.2 Å². The van der Waals surface area contributed by atoms with E-state index < -0.39 is 17.4 Å². The van der Waals surface area contributed by atoms with Crippen LogP contribution in [0.4, 0.5) is 4.39 Å². The number of hydrogen-bond donors (Lipinski definition) is 2. The first-order chi connectivity index (χ1) is 8.02. The number of nitrogens with one attached hydrogen (secondary N) is 1. The van der Waals surface area contributed by atoms with Gasteiger partial charge in [0.25, 0.3) is 0 Å². The van der Waals surface area contributed by atoms with Crippen LogP contribution in [0.2, 0.25) is 0 Å². The van der Waals surface area contributed by atoms with E-state index in [4.69, 9.17) is 9.84 Å². The largest absolute Gasteiger partial charge is 0.481 e. The molecule has 5 heteroatoms. The summed E-state index contributed by atoms with van der Waals surface area (Å²) in [5.74, 6) is -1.25. The molecule has 1 aromatic carbocycles. The predicted octanol–water partition coefficient (Wildman–Crippen LogP) is 1.33. The fourth-order valence-corrected chi connectivity index (χ4v) is 1.85.